The molecule has 0 bridgehead atoms. The Balaban J connectivity index is 1.94. The minimum absolute atomic E-state index is 0.117. The van der Waals surface area contributed by atoms with Gasteiger partial charge in [-0.1, -0.05) is 11.6 Å². The molecule has 122 valence electrons. The fourth-order valence-corrected chi connectivity index (χ4v) is 2.56. The average molecular weight is 343 g/mol. The van der Waals surface area contributed by atoms with Crippen LogP contribution in [0.4, 0.5) is 11.6 Å². The van der Waals surface area contributed by atoms with E-state index in [0.29, 0.717) is 22.2 Å². The minimum atomic E-state index is -1.01. The highest BCUT2D eigenvalue weighted by molar-refractivity contribution is 6.30. The molecule has 0 aliphatic heterocycles. The fraction of sp³-hybridized carbons (Fsp3) is 0.118. The van der Waals surface area contributed by atoms with Gasteiger partial charge in [-0.15, -0.1) is 0 Å². The van der Waals surface area contributed by atoms with E-state index in [2.05, 4.69) is 20.3 Å². The number of aryl methyl sites for hydroxylation is 2. The van der Waals surface area contributed by atoms with Gasteiger partial charge in [0.05, 0.1) is 5.69 Å². The van der Waals surface area contributed by atoms with E-state index in [1.54, 1.807) is 24.5 Å². The molecule has 0 aliphatic carbocycles. The Morgan fingerprint density at radius 3 is 2.71 bits per heavy atom. The first-order valence-corrected chi connectivity index (χ1v) is 7.61. The molecule has 3 N–H and O–H groups in total. The van der Waals surface area contributed by atoms with Gasteiger partial charge >= 0.3 is 5.97 Å². The van der Waals surface area contributed by atoms with Crippen LogP contribution in [0.15, 0.2) is 36.7 Å². The van der Waals surface area contributed by atoms with Crippen molar-refractivity contribution in [3.8, 4) is 11.3 Å². The van der Waals surface area contributed by atoms with Crippen molar-refractivity contribution in [2.45, 2.75) is 13.8 Å². The highest BCUT2D eigenvalue weighted by Gasteiger charge is 2.12. The molecule has 0 saturated heterocycles. The van der Waals surface area contributed by atoms with E-state index in [4.69, 9.17) is 16.7 Å². The third kappa shape index (κ3) is 3.23. The predicted molar refractivity (Wildman–Crippen MR) is 93.0 cm³/mol. The number of hydrogen-bond donors (Lipinski definition) is 3. The molecule has 1 aromatic carbocycles. The average Bonchev–Trinajstić information content (AvgIpc) is 3.02. The van der Waals surface area contributed by atoms with Crippen LogP contribution in [0.1, 0.15) is 21.6 Å². The van der Waals surface area contributed by atoms with E-state index in [-0.39, 0.29) is 5.69 Å². The Morgan fingerprint density at radius 2 is 2.04 bits per heavy atom. The lowest BCUT2D eigenvalue weighted by Crippen LogP contribution is -2.01. The van der Waals surface area contributed by atoms with Crippen molar-refractivity contribution in [2.75, 3.05) is 5.32 Å². The molecule has 0 atom stereocenters. The van der Waals surface area contributed by atoms with Crippen LogP contribution in [0, 0.1) is 13.8 Å². The van der Waals surface area contributed by atoms with E-state index in [1.165, 1.54) is 0 Å². The lowest BCUT2D eigenvalue weighted by Gasteiger charge is -2.10. The molecule has 3 aromatic rings. The Morgan fingerprint density at radius 1 is 1.25 bits per heavy atom. The Bertz CT molecular complexity index is 921. The Kier molecular flexibility index (Phi) is 4.22. The molecule has 2 aromatic heterocycles. The largest absolute Gasteiger partial charge is 0.477 e. The standard InChI is InChI=1S/C17H15ClN4O2/c1-9-5-12(18)3-4-13(9)21-17-20-7-10(2)15(22-17)11-6-14(16(23)24)19-8-11/h3-8,19H,1-2H3,(H,23,24)(H,20,21,22). The predicted octanol–water partition coefficient (Wildman–Crippen LogP) is 4.18. The van der Waals surface area contributed by atoms with E-state index >= 15 is 0 Å². The lowest BCUT2D eigenvalue weighted by atomic mass is 10.1. The summed E-state index contributed by atoms with van der Waals surface area (Å²) in [5, 5.41) is 12.9. The second-order valence-electron chi connectivity index (χ2n) is 5.42. The maximum Gasteiger partial charge on any atom is 0.352 e. The summed E-state index contributed by atoms with van der Waals surface area (Å²) in [6, 6.07) is 7.05. The van der Waals surface area contributed by atoms with Crippen molar-refractivity contribution in [1.29, 1.82) is 0 Å². The smallest absolute Gasteiger partial charge is 0.352 e. The molecule has 0 saturated carbocycles. The molecular weight excluding hydrogens is 328 g/mol. The Labute approximate surface area is 143 Å². The zero-order valence-corrected chi connectivity index (χ0v) is 13.8. The van der Waals surface area contributed by atoms with Gasteiger partial charge in [-0.05, 0) is 49.2 Å². The summed E-state index contributed by atoms with van der Waals surface area (Å²) < 4.78 is 0. The second-order valence-corrected chi connectivity index (χ2v) is 5.85. The third-order valence-electron chi connectivity index (χ3n) is 3.59. The first-order chi connectivity index (χ1) is 11.4. The molecule has 24 heavy (non-hydrogen) atoms. The summed E-state index contributed by atoms with van der Waals surface area (Å²) in [6.07, 6.45) is 3.32. The molecule has 7 heteroatoms. The van der Waals surface area contributed by atoms with E-state index in [0.717, 1.165) is 16.8 Å². The van der Waals surface area contributed by atoms with Crippen LogP contribution < -0.4 is 5.32 Å². The van der Waals surface area contributed by atoms with Crippen molar-refractivity contribution < 1.29 is 9.90 Å². The lowest BCUT2D eigenvalue weighted by molar-refractivity contribution is 0.0691. The number of carbonyl (C=O) groups is 1. The van der Waals surface area contributed by atoms with E-state index in [9.17, 15) is 4.79 Å². The summed E-state index contributed by atoms with van der Waals surface area (Å²) >= 11 is 5.96. The minimum Gasteiger partial charge on any atom is -0.477 e. The monoisotopic (exact) mass is 342 g/mol. The van der Waals surface area contributed by atoms with E-state index in [1.807, 2.05) is 26.0 Å². The van der Waals surface area contributed by atoms with Gasteiger partial charge < -0.3 is 15.4 Å². The summed E-state index contributed by atoms with van der Waals surface area (Å²) in [5.74, 6) is -0.581. The first kappa shape index (κ1) is 16.0. The maximum atomic E-state index is 11.0. The van der Waals surface area contributed by atoms with Crippen molar-refractivity contribution >= 4 is 29.2 Å². The number of halogens is 1. The van der Waals surface area contributed by atoms with Crippen molar-refractivity contribution in [2.24, 2.45) is 0 Å². The summed E-state index contributed by atoms with van der Waals surface area (Å²) in [7, 11) is 0. The molecule has 0 spiro atoms. The quantitative estimate of drug-likeness (QED) is 0.661. The number of nitrogens with one attached hydrogen (secondary N) is 2. The second kappa shape index (κ2) is 6.33. The van der Waals surface area contributed by atoms with Crippen molar-refractivity contribution in [1.82, 2.24) is 15.0 Å². The van der Waals surface area contributed by atoms with Gasteiger partial charge in [-0.25, -0.2) is 14.8 Å². The fourth-order valence-electron chi connectivity index (χ4n) is 2.34. The van der Waals surface area contributed by atoms with Gasteiger partial charge in [0.15, 0.2) is 0 Å². The molecule has 0 aliphatic rings. The molecule has 2 heterocycles. The van der Waals surface area contributed by atoms with Crippen LogP contribution in [-0.4, -0.2) is 26.0 Å². The molecular formula is C17H15ClN4O2. The number of aromatic amines is 1. The number of rotatable bonds is 4. The molecule has 0 radical (unpaired) electrons. The molecule has 0 amide bonds. The number of aromatic nitrogens is 3. The van der Waals surface area contributed by atoms with Crippen LogP contribution in [0.2, 0.25) is 5.02 Å². The zero-order chi connectivity index (χ0) is 17.3. The number of H-pyrrole nitrogens is 1. The summed E-state index contributed by atoms with van der Waals surface area (Å²) in [5.41, 5.74) is 4.17. The topological polar surface area (TPSA) is 90.9 Å². The van der Waals surface area contributed by atoms with Crippen LogP contribution in [0.25, 0.3) is 11.3 Å². The number of anilines is 2. The molecule has 0 unspecified atom stereocenters. The van der Waals surface area contributed by atoms with Gasteiger partial charge in [0, 0.05) is 28.7 Å². The van der Waals surface area contributed by atoms with Gasteiger partial charge in [0.1, 0.15) is 5.69 Å². The van der Waals surface area contributed by atoms with Gasteiger partial charge in [-0.3, -0.25) is 0 Å². The first-order valence-electron chi connectivity index (χ1n) is 7.23. The summed E-state index contributed by atoms with van der Waals surface area (Å²) in [6.45, 7) is 3.81. The van der Waals surface area contributed by atoms with Crippen LogP contribution in [0.3, 0.4) is 0 Å². The van der Waals surface area contributed by atoms with Gasteiger partial charge in [0.2, 0.25) is 5.95 Å². The van der Waals surface area contributed by atoms with Crippen LogP contribution in [-0.2, 0) is 0 Å². The number of nitrogens with zero attached hydrogens (tertiary/aromatic N) is 2. The zero-order valence-electron chi connectivity index (χ0n) is 13.1. The Hall–Kier alpha value is -2.86. The molecule has 0 fully saturated rings. The number of carboxylic acids is 1. The number of benzene rings is 1. The third-order valence-corrected chi connectivity index (χ3v) is 3.83. The summed E-state index contributed by atoms with van der Waals surface area (Å²) in [4.78, 5) is 22.5. The van der Waals surface area contributed by atoms with Crippen LogP contribution in [0.5, 0.6) is 0 Å². The van der Waals surface area contributed by atoms with E-state index < -0.39 is 5.97 Å². The number of carboxylic acid groups (broad SMARTS) is 1. The SMILES string of the molecule is Cc1cc(Cl)ccc1Nc1ncc(C)c(-c2c[nH]c(C(=O)O)c2)n1. The maximum absolute atomic E-state index is 11.0. The highest BCUT2D eigenvalue weighted by atomic mass is 35.5. The highest BCUT2D eigenvalue weighted by Crippen LogP contribution is 2.26. The van der Waals surface area contributed by atoms with Gasteiger partial charge in [0.25, 0.3) is 0 Å². The van der Waals surface area contributed by atoms with Crippen molar-refractivity contribution in [3.63, 3.8) is 0 Å². The molecule has 3 rings (SSSR count). The van der Waals surface area contributed by atoms with Gasteiger partial charge in [-0.2, -0.15) is 0 Å². The van der Waals surface area contributed by atoms with Crippen molar-refractivity contribution in [3.05, 3.63) is 58.5 Å². The number of aromatic carboxylic acids is 1. The molecule has 6 nitrogen and oxygen atoms in total. The number of hydrogen-bond acceptors (Lipinski definition) is 4. The van der Waals surface area contributed by atoms with Crippen LogP contribution >= 0.6 is 11.6 Å². The normalized spacial score (nSPS) is 10.6.